The molecule has 2 aromatic heterocycles. The zero-order valence-corrected chi connectivity index (χ0v) is 13.9. The number of thiazole rings is 1. The third-order valence-corrected chi connectivity index (χ3v) is 4.61. The third kappa shape index (κ3) is 2.57. The summed E-state index contributed by atoms with van der Waals surface area (Å²) in [4.78, 5) is 4.67. The van der Waals surface area contributed by atoms with Crippen molar-refractivity contribution in [1.29, 1.82) is 0 Å². The van der Waals surface area contributed by atoms with Crippen molar-refractivity contribution in [2.45, 2.75) is 6.92 Å². The van der Waals surface area contributed by atoms with Crippen LogP contribution in [-0.4, -0.2) is 20.0 Å². The van der Waals surface area contributed by atoms with Crippen LogP contribution in [0.5, 0.6) is 0 Å². The first-order valence-electron chi connectivity index (χ1n) is 7.52. The summed E-state index contributed by atoms with van der Waals surface area (Å²) in [5, 5.41) is 11.2. The van der Waals surface area contributed by atoms with Gasteiger partial charge in [-0.1, -0.05) is 53.2 Å². The lowest BCUT2D eigenvalue weighted by molar-refractivity contribution is 0.810. The SMILES string of the molecule is Cc1ccc(-c2csc(-c3nnn(-c4ccccc4)c3N)n2)cc1. The van der Waals surface area contributed by atoms with Crippen LogP contribution in [0.3, 0.4) is 0 Å². The van der Waals surface area contributed by atoms with Gasteiger partial charge >= 0.3 is 0 Å². The molecule has 0 radical (unpaired) electrons. The number of hydrogen-bond acceptors (Lipinski definition) is 5. The highest BCUT2D eigenvalue weighted by atomic mass is 32.1. The maximum absolute atomic E-state index is 6.24. The number of benzene rings is 2. The third-order valence-electron chi connectivity index (χ3n) is 3.76. The van der Waals surface area contributed by atoms with Gasteiger partial charge < -0.3 is 5.73 Å². The average molecular weight is 333 g/mol. The molecule has 2 N–H and O–H groups in total. The van der Waals surface area contributed by atoms with Crippen LogP contribution in [0.1, 0.15) is 5.56 Å². The van der Waals surface area contributed by atoms with Gasteiger partial charge in [0.1, 0.15) is 5.01 Å². The highest BCUT2D eigenvalue weighted by molar-refractivity contribution is 7.13. The van der Waals surface area contributed by atoms with Gasteiger partial charge in [0.05, 0.1) is 11.4 Å². The Kier molecular flexibility index (Phi) is 3.59. The second kappa shape index (κ2) is 5.90. The molecule has 0 aliphatic rings. The molecule has 0 fully saturated rings. The molecule has 0 unspecified atom stereocenters. The number of para-hydroxylation sites is 1. The standard InChI is InChI=1S/C18H15N5S/c1-12-7-9-13(10-8-12)15-11-24-18(20-15)16-17(19)23(22-21-16)14-5-3-2-4-6-14/h2-11H,19H2,1H3. The fourth-order valence-electron chi connectivity index (χ4n) is 2.44. The molecule has 24 heavy (non-hydrogen) atoms. The number of anilines is 1. The molecular formula is C18H15N5S. The molecule has 6 heteroatoms. The maximum Gasteiger partial charge on any atom is 0.165 e. The van der Waals surface area contributed by atoms with Gasteiger partial charge in [0.25, 0.3) is 0 Å². The summed E-state index contributed by atoms with van der Waals surface area (Å²) >= 11 is 1.52. The minimum Gasteiger partial charge on any atom is -0.382 e. The average Bonchev–Trinajstić information content (AvgIpc) is 3.23. The molecule has 118 valence electrons. The fourth-order valence-corrected chi connectivity index (χ4v) is 3.26. The summed E-state index contributed by atoms with van der Waals surface area (Å²) in [6.07, 6.45) is 0. The van der Waals surface area contributed by atoms with Gasteiger partial charge in [-0.2, -0.15) is 4.68 Å². The van der Waals surface area contributed by atoms with Gasteiger partial charge in [-0.05, 0) is 19.1 Å². The van der Waals surface area contributed by atoms with E-state index in [0.717, 1.165) is 22.0 Å². The Morgan fingerprint density at radius 1 is 1.00 bits per heavy atom. The predicted molar refractivity (Wildman–Crippen MR) is 97.1 cm³/mol. The summed E-state index contributed by atoms with van der Waals surface area (Å²) in [6, 6.07) is 18.0. The van der Waals surface area contributed by atoms with E-state index in [0.29, 0.717) is 11.5 Å². The molecule has 0 aliphatic carbocycles. The Morgan fingerprint density at radius 2 is 1.75 bits per heavy atom. The van der Waals surface area contributed by atoms with E-state index in [-0.39, 0.29) is 0 Å². The van der Waals surface area contributed by atoms with Crippen LogP contribution < -0.4 is 5.73 Å². The second-order valence-corrected chi connectivity index (χ2v) is 6.33. The monoisotopic (exact) mass is 333 g/mol. The molecular weight excluding hydrogens is 318 g/mol. The molecule has 2 aromatic carbocycles. The Morgan fingerprint density at radius 3 is 2.50 bits per heavy atom. The van der Waals surface area contributed by atoms with E-state index in [1.807, 2.05) is 35.7 Å². The molecule has 0 bridgehead atoms. The van der Waals surface area contributed by atoms with E-state index in [1.54, 1.807) is 4.68 Å². The van der Waals surface area contributed by atoms with Crippen molar-refractivity contribution in [2.75, 3.05) is 5.73 Å². The van der Waals surface area contributed by atoms with Crippen molar-refractivity contribution in [2.24, 2.45) is 0 Å². The lowest BCUT2D eigenvalue weighted by Crippen LogP contribution is -2.01. The van der Waals surface area contributed by atoms with Crippen LogP contribution in [0.4, 0.5) is 5.82 Å². The van der Waals surface area contributed by atoms with Gasteiger partial charge in [-0.15, -0.1) is 16.4 Å². The van der Waals surface area contributed by atoms with Gasteiger partial charge in [0.15, 0.2) is 11.5 Å². The van der Waals surface area contributed by atoms with E-state index in [1.165, 1.54) is 16.9 Å². The van der Waals surface area contributed by atoms with Crippen LogP contribution in [-0.2, 0) is 0 Å². The molecule has 4 rings (SSSR count). The highest BCUT2D eigenvalue weighted by Gasteiger charge is 2.16. The van der Waals surface area contributed by atoms with E-state index in [4.69, 9.17) is 5.73 Å². The molecule has 0 saturated carbocycles. The van der Waals surface area contributed by atoms with Crippen LogP contribution in [0.25, 0.3) is 27.6 Å². The number of hydrogen-bond donors (Lipinski definition) is 1. The minimum atomic E-state index is 0.492. The van der Waals surface area contributed by atoms with Crippen LogP contribution in [0.2, 0.25) is 0 Å². The molecule has 4 aromatic rings. The summed E-state index contributed by atoms with van der Waals surface area (Å²) in [7, 11) is 0. The van der Waals surface area contributed by atoms with E-state index >= 15 is 0 Å². The van der Waals surface area contributed by atoms with Gasteiger partial charge in [-0.25, -0.2) is 4.98 Å². The molecule has 0 saturated heterocycles. The largest absolute Gasteiger partial charge is 0.382 e. The van der Waals surface area contributed by atoms with Crippen LogP contribution >= 0.6 is 11.3 Å². The first-order valence-corrected chi connectivity index (χ1v) is 8.40. The van der Waals surface area contributed by atoms with Crippen molar-refractivity contribution in [3.05, 3.63) is 65.5 Å². The Bertz CT molecular complexity index is 970. The number of nitrogens with two attached hydrogens (primary N) is 1. The normalized spacial score (nSPS) is 10.9. The molecule has 0 amide bonds. The zero-order valence-electron chi connectivity index (χ0n) is 13.0. The first-order chi connectivity index (χ1) is 11.7. The zero-order chi connectivity index (χ0) is 16.5. The van der Waals surface area contributed by atoms with Crippen molar-refractivity contribution in [3.63, 3.8) is 0 Å². The number of rotatable bonds is 3. The number of nitrogens with zero attached hydrogens (tertiary/aromatic N) is 4. The molecule has 0 aliphatic heterocycles. The Labute approximate surface area is 143 Å². The van der Waals surface area contributed by atoms with Gasteiger partial charge in [-0.3, -0.25) is 0 Å². The number of aromatic nitrogens is 4. The van der Waals surface area contributed by atoms with E-state index in [2.05, 4.69) is 46.5 Å². The quantitative estimate of drug-likeness (QED) is 0.616. The van der Waals surface area contributed by atoms with Crippen molar-refractivity contribution < 1.29 is 0 Å². The second-order valence-electron chi connectivity index (χ2n) is 5.47. The fraction of sp³-hybridized carbons (Fsp3) is 0.0556. The summed E-state index contributed by atoms with van der Waals surface area (Å²) in [5.74, 6) is 0.492. The lowest BCUT2D eigenvalue weighted by Gasteiger charge is -2.01. The molecule has 2 heterocycles. The molecule has 0 atom stereocenters. The highest BCUT2D eigenvalue weighted by Crippen LogP contribution is 2.31. The summed E-state index contributed by atoms with van der Waals surface area (Å²) < 4.78 is 1.63. The summed E-state index contributed by atoms with van der Waals surface area (Å²) in [5.41, 5.74) is 11.0. The lowest BCUT2D eigenvalue weighted by atomic mass is 10.1. The van der Waals surface area contributed by atoms with E-state index < -0.39 is 0 Å². The van der Waals surface area contributed by atoms with Crippen LogP contribution in [0.15, 0.2) is 60.0 Å². The van der Waals surface area contributed by atoms with Gasteiger partial charge in [0.2, 0.25) is 0 Å². The smallest absolute Gasteiger partial charge is 0.165 e. The van der Waals surface area contributed by atoms with Crippen molar-refractivity contribution >= 4 is 17.2 Å². The molecule has 0 spiro atoms. The minimum absolute atomic E-state index is 0.492. The summed E-state index contributed by atoms with van der Waals surface area (Å²) in [6.45, 7) is 2.07. The van der Waals surface area contributed by atoms with Crippen molar-refractivity contribution in [1.82, 2.24) is 20.0 Å². The van der Waals surface area contributed by atoms with E-state index in [9.17, 15) is 0 Å². The predicted octanol–water partition coefficient (Wildman–Crippen LogP) is 3.95. The van der Waals surface area contributed by atoms with Crippen molar-refractivity contribution in [3.8, 4) is 27.6 Å². The molecule has 5 nitrogen and oxygen atoms in total. The number of nitrogen functional groups attached to an aromatic ring is 1. The number of aryl methyl sites for hydroxylation is 1. The first kappa shape index (κ1) is 14.6. The topological polar surface area (TPSA) is 69.6 Å². The Hall–Kier alpha value is -2.99. The van der Waals surface area contributed by atoms with Crippen LogP contribution in [0, 0.1) is 6.92 Å². The Balaban J connectivity index is 1.71. The van der Waals surface area contributed by atoms with Gasteiger partial charge in [0, 0.05) is 10.9 Å². The maximum atomic E-state index is 6.24.